The molecule has 0 saturated heterocycles. The number of aromatic carboxylic acids is 1. The number of hydrogen-bond acceptors (Lipinski definition) is 6. The molecule has 8 nitrogen and oxygen atoms in total. The third-order valence-electron chi connectivity index (χ3n) is 5.28. The molecule has 1 aromatic heterocycles. The minimum atomic E-state index is -3.89. The number of ether oxygens (including phenoxy) is 2. The molecule has 1 N–H and O–H groups in total. The Labute approximate surface area is 182 Å². The predicted octanol–water partition coefficient (Wildman–Crippen LogP) is 2.85. The van der Waals surface area contributed by atoms with E-state index in [0.29, 0.717) is 13.0 Å². The number of carboxylic acids is 1. The Kier molecular flexibility index (Phi) is 5.57. The number of carbonyl (C=O) groups is 1. The van der Waals surface area contributed by atoms with Crippen molar-refractivity contribution in [1.82, 2.24) is 4.57 Å². The number of sulfone groups is 1. The average Bonchev–Trinajstić information content (AvgIpc) is 3.41. The zero-order valence-corrected chi connectivity index (χ0v) is 18.0. The lowest BCUT2D eigenvalue weighted by atomic mass is 10.0. The fraction of sp³-hybridized carbons (Fsp3) is 0.400. The Morgan fingerprint density at radius 1 is 1.32 bits per heavy atom. The maximum absolute atomic E-state index is 13.9. The van der Waals surface area contributed by atoms with E-state index in [1.807, 2.05) is 0 Å². The first-order valence-corrected chi connectivity index (χ1v) is 11.5. The summed E-state index contributed by atoms with van der Waals surface area (Å²) in [6.07, 6.45) is -0.700. The molecule has 2 aromatic rings. The Morgan fingerprint density at radius 3 is 2.65 bits per heavy atom. The number of alkyl halides is 1. The zero-order chi connectivity index (χ0) is 22.5. The molecule has 1 aromatic carbocycles. The number of fused-ring (bicyclic) bond motifs is 3. The van der Waals surface area contributed by atoms with E-state index in [0.717, 1.165) is 10.6 Å². The highest BCUT2D eigenvalue weighted by Gasteiger charge is 2.44. The predicted molar refractivity (Wildman–Crippen MR) is 110 cm³/mol. The van der Waals surface area contributed by atoms with Gasteiger partial charge in [-0.3, -0.25) is 4.79 Å². The zero-order valence-electron chi connectivity index (χ0n) is 16.4. The van der Waals surface area contributed by atoms with Crippen LogP contribution in [-0.4, -0.2) is 50.6 Å². The van der Waals surface area contributed by atoms with E-state index in [4.69, 9.17) is 21.1 Å². The third-order valence-corrected chi connectivity index (χ3v) is 7.27. The maximum Gasteiger partial charge on any atom is 0.341 e. The van der Waals surface area contributed by atoms with Gasteiger partial charge in [0.25, 0.3) is 5.56 Å². The van der Waals surface area contributed by atoms with Gasteiger partial charge >= 0.3 is 5.97 Å². The second-order valence-electron chi connectivity index (χ2n) is 7.46. The van der Waals surface area contributed by atoms with E-state index in [-0.39, 0.29) is 45.5 Å². The van der Waals surface area contributed by atoms with Crippen molar-refractivity contribution in [3.05, 3.63) is 44.7 Å². The molecule has 1 aliphatic heterocycles. The first kappa shape index (κ1) is 21.8. The smallest absolute Gasteiger partial charge is 0.341 e. The van der Waals surface area contributed by atoms with Crippen molar-refractivity contribution in [2.75, 3.05) is 20.3 Å². The van der Waals surface area contributed by atoms with E-state index in [2.05, 4.69) is 0 Å². The molecule has 0 radical (unpaired) electrons. The maximum atomic E-state index is 13.9. The van der Waals surface area contributed by atoms with E-state index in [1.54, 1.807) is 7.11 Å². The fourth-order valence-electron chi connectivity index (χ4n) is 3.75. The van der Waals surface area contributed by atoms with Crippen LogP contribution in [0.15, 0.2) is 27.9 Å². The lowest BCUT2D eigenvalue weighted by molar-refractivity contribution is 0.0694. The van der Waals surface area contributed by atoms with Crippen molar-refractivity contribution >= 4 is 27.4 Å². The SMILES string of the molecule is COCCCOc1cc2c(cc1Cl)-c1c(cc(C(=O)O)c(=O)n1[C@@H]1C[C@@H]1F)CS2(=O)=O. The molecule has 4 rings (SSSR count). The van der Waals surface area contributed by atoms with Gasteiger partial charge in [0.05, 0.1) is 34.0 Å². The molecule has 31 heavy (non-hydrogen) atoms. The van der Waals surface area contributed by atoms with Crippen molar-refractivity contribution < 1.29 is 32.2 Å². The molecule has 1 fully saturated rings. The molecular weight excluding hydrogens is 453 g/mol. The van der Waals surface area contributed by atoms with Crippen LogP contribution in [0.25, 0.3) is 11.3 Å². The molecule has 0 spiro atoms. The molecule has 2 atom stereocenters. The van der Waals surface area contributed by atoms with Crippen molar-refractivity contribution in [1.29, 1.82) is 0 Å². The van der Waals surface area contributed by atoms with Gasteiger partial charge in [-0.25, -0.2) is 17.6 Å². The van der Waals surface area contributed by atoms with Crippen molar-refractivity contribution in [2.45, 2.75) is 35.7 Å². The monoisotopic (exact) mass is 471 g/mol. The van der Waals surface area contributed by atoms with E-state index < -0.39 is 44.9 Å². The van der Waals surface area contributed by atoms with Gasteiger partial charge in [0.15, 0.2) is 9.84 Å². The summed E-state index contributed by atoms with van der Waals surface area (Å²) in [7, 11) is -2.34. The van der Waals surface area contributed by atoms with Gasteiger partial charge in [-0.15, -0.1) is 0 Å². The fourth-order valence-corrected chi connectivity index (χ4v) is 5.53. The number of aromatic nitrogens is 1. The number of hydrogen-bond donors (Lipinski definition) is 1. The van der Waals surface area contributed by atoms with Crippen LogP contribution in [0, 0.1) is 0 Å². The van der Waals surface area contributed by atoms with E-state index in [1.165, 1.54) is 12.1 Å². The van der Waals surface area contributed by atoms with Gasteiger partial charge in [-0.05, 0) is 17.7 Å². The minimum absolute atomic E-state index is 0.0475. The highest BCUT2D eigenvalue weighted by molar-refractivity contribution is 7.90. The Balaban J connectivity index is 1.91. The highest BCUT2D eigenvalue weighted by atomic mass is 35.5. The number of nitrogens with zero attached hydrogens (tertiary/aromatic N) is 1. The summed E-state index contributed by atoms with van der Waals surface area (Å²) in [5.41, 5.74) is -1.05. The quantitative estimate of drug-likeness (QED) is 0.618. The first-order chi connectivity index (χ1) is 14.7. The second kappa shape index (κ2) is 7.92. The third kappa shape index (κ3) is 3.83. The number of methoxy groups -OCH3 is 1. The standard InChI is InChI=1S/C20H19ClFNO7S/c1-29-3-2-4-30-16-8-17-11(6-13(16)21)18-10(9-31(17,27)28)5-12(20(25)26)19(24)23(18)15-7-14(15)22/h5-6,8,14-15H,2-4,7,9H2,1H3,(H,25,26)/t14-,15+/m0/s1. The number of rotatable bonds is 7. The molecule has 166 valence electrons. The topological polar surface area (TPSA) is 112 Å². The second-order valence-corrected chi connectivity index (χ2v) is 9.83. The van der Waals surface area contributed by atoms with Gasteiger partial charge < -0.3 is 19.1 Å². The molecule has 0 unspecified atom stereocenters. The van der Waals surface area contributed by atoms with Crippen molar-refractivity contribution in [2.24, 2.45) is 0 Å². The molecule has 0 bridgehead atoms. The Morgan fingerprint density at radius 2 is 2.03 bits per heavy atom. The van der Waals surface area contributed by atoms with E-state index >= 15 is 0 Å². The lowest BCUT2D eigenvalue weighted by Gasteiger charge is -2.25. The first-order valence-electron chi connectivity index (χ1n) is 9.50. The summed E-state index contributed by atoms with van der Waals surface area (Å²) >= 11 is 6.32. The Bertz CT molecular complexity index is 1240. The van der Waals surface area contributed by atoms with Gasteiger partial charge in [0, 0.05) is 38.2 Å². The number of benzene rings is 1. The van der Waals surface area contributed by atoms with Gasteiger partial charge in [-0.2, -0.15) is 0 Å². The van der Waals surface area contributed by atoms with Crippen molar-refractivity contribution in [3.63, 3.8) is 0 Å². The molecule has 1 aliphatic carbocycles. The summed E-state index contributed by atoms with van der Waals surface area (Å²) in [5, 5.41) is 9.50. The summed E-state index contributed by atoms with van der Waals surface area (Å²) in [4.78, 5) is 24.3. The molecule has 11 heteroatoms. The lowest BCUT2D eigenvalue weighted by Crippen LogP contribution is -2.31. The minimum Gasteiger partial charge on any atom is -0.492 e. The van der Waals surface area contributed by atoms with Crippen LogP contribution < -0.4 is 10.3 Å². The van der Waals surface area contributed by atoms with Crippen molar-refractivity contribution in [3.8, 4) is 17.0 Å². The molecule has 2 aliphatic rings. The summed E-state index contributed by atoms with van der Waals surface area (Å²) in [6.45, 7) is 0.708. The largest absolute Gasteiger partial charge is 0.492 e. The van der Waals surface area contributed by atoms with Gasteiger partial charge in [0.2, 0.25) is 0 Å². The van der Waals surface area contributed by atoms with Crippen LogP contribution in [0.4, 0.5) is 4.39 Å². The molecule has 1 saturated carbocycles. The van der Waals surface area contributed by atoms with Crippen LogP contribution in [0.2, 0.25) is 5.02 Å². The van der Waals surface area contributed by atoms with Crippen LogP contribution >= 0.6 is 11.6 Å². The van der Waals surface area contributed by atoms with Gasteiger partial charge in [0.1, 0.15) is 17.5 Å². The Hall–Kier alpha value is -2.43. The average molecular weight is 472 g/mol. The van der Waals surface area contributed by atoms with Crippen LogP contribution in [0.5, 0.6) is 5.75 Å². The number of carboxylic acid groups (broad SMARTS) is 1. The van der Waals surface area contributed by atoms with E-state index in [9.17, 15) is 27.5 Å². The molecule has 0 amide bonds. The summed E-state index contributed by atoms with van der Waals surface area (Å²) in [6, 6.07) is 2.86. The molecule has 2 heterocycles. The summed E-state index contributed by atoms with van der Waals surface area (Å²) in [5.74, 6) is -1.86. The van der Waals surface area contributed by atoms with Gasteiger partial charge in [-0.1, -0.05) is 11.6 Å². The number of pyridine rings is 1. The highest BCUT2D eigenvalue weighted by Crippen LogP contribution is 2.47. The number of halogens is 2. The molecular formula is C20H19ClFNO7S. The summed E-state index contributed by atoms with van der Waals surface area (Å²) < 4.78 is 51.5. The normalized spacial score (nSPS) is 20.6. The van der Waals surface area contributed by atoms with Crippen LogP contribution in [0.1, 0.15) is 34.8 Å². The van der Waals surface area contributed by atoms with Crippen LogP contribution in [-0.2, 0) is 20.3 Å². The van der Waals surface area contributed by atoms with Crippen LogP contribution in [0.3, 0.4) is 0 Å².